The number of rotatable bonds is 5. The normalized spacial score (nSPS) is 16.8. The summed E-state index contributed by atoms with van der Waals surface area (Å²) in [5.41, 5.74) is 0. The predicted molar refractivity (Wildman–Crippen MR) is 128 cm³/mol. The molecule has 0 amide bonds. The first-order chi connectivity index (χ1) is 9.92. The third kappa shape index (κ3) is 6.27. The van der Waals surface area contributed by atoms with Crippen LogP contribution in [0.3, 0.4) is 0 Å². The first-order valence-electron chi connectivity index (χ1n) is 9.13. The molecule has 0 spiro atoms. The topological polar surface area (TPSA) is 0 Å². The summed E-state index contributed by atoms with van der Waals surface area (Å²) in [6.07, 6.45) is 11.3. The molecule has 1 fully saturated rings. The molecule has 1 rings (SSSR count). The van der Waals surface area contributed by atoms with Gasteiger partial charge in [-0.15, -0.1) is 0 Å². The first kappa shape index (κ1) is 20.2. The monoisotopic (exact) mass is 274 g/mol. The van der Waals surface area contributed by atoms with Crippen LogP contribution in [0.5, 0.6) is 0 Å². The molecule has 0 N–H and O–H groups in total. The van der Waals surface area contributed by atoms with Crippen molar-refractivity contribution in [3.05, 3.63) is 0 Å². The molecule has 1 saturated carbocycles. The Morgan fingerprint density at radius 1 is 0.857 bits per heavy atom. The zero-order valence-electron chi connectivity index (χ0n) is 15.1. The molecular weight excluding hydrogens is 248 g/mol. The average Bonchev–Trinajstić information content (AvgIpc) is 2.35. The third-order valence-corrected chi connectivity index (χ3v) is 9.92. The molecule has 0 bridgehead atoms. The zero-order valence-corrected chi connectivity index (χ0v) is 15.9. The van der Waals surface area contributed by atoms with Gasteiger partial charge in [-0.1, -0.05) is 0 Å². The molecular formula is C8H26B12S-. The molecule has 0 nitrogen and oxygen atoms in total. The van der Waals surface area contributed by atoms with Crippen molar-refractivity contribution in [3.63, 3.8) is 0 Å². The van der Waals surface area contributed by atoms with Gasteiger partial charge in [-0.05, 0) is 0 Å². The van der Waals surface area contributed by atoms with Gasteiger partial charge in [0.2, 0.25) is 0 Å². The minimum atomic E-state index is -0.840. The van der Waals surface area contributed by atoms with E-state index >= 15 is 0 Å². The fraction of sp³-hybridized carbons (Fsp3) is 1.00. The second-order valence-electron chi connectivity index (χ2n) is 7.59. The first-order valence-corrected chi connectivity index (χ1v) is 11.0. The molecule has 0 unspecified atom stereocenters. The third-order valence-electron chi connectivity index (χ3n) is 4.67. The van der Waals surface area contributed by atoms with Crippen LogP contribution >= 0.6 is 8.73 Å². The van der Waals surface area contributed by atoms with Gasteiger partial charge in [-0.25, -0.2) is 0 Å². The van der Waals surface area contributed by atoms with Crippen LogP contribution in [0.2, 0.25) is 0 Å². The van der Waals surface area contributed by atoms with Crippen molar-refractivity contribution in [1.29, 1.82) is 0 Å². The maximum atomic E-state index is 6.17. The zero-order chi connectivity index (χ0) is 15.9. The SMILES string of the molecule is [10B-][10BH][10B]([10BH2])S(=[10B][10B]([10BH2])[10BH2])(=[10B][10B]([10BH2])[10BH2])C1CCCCCCC1. The number of hydrogen-bond acceptors (Lipinski definition) is 0. The molecule has 3 radical (unpaired) electrons. The average molecular weight is 275 g/mol. The van der Waals surface area contributed by atoms with Crippen LogP contribution in [0.15, 0.2) is 0 Å². The second-order valence-corrected chi connectivity index (χ2v) is 11.2. The Labute approximate surface area is 143 Å². The van der Waals surface area contributed by atoms with Crippen molar-refractivity contribution in [2.75, 3.05) is 0 Å². The summed E-state index contributed by atoms with van der Waals surface area (Å²) in [5.74, 6) is 0.631. The van der Waals surface area contributed by atoms with Gasteiger partial charge in [0.05, 0.1) is 0 Å². The summed E-state index contributed by atoms with van der Waals surface area (Å²) in [5, 5.41) is 0.876. The molecule has 0 aromatic rings. The molecule has 0 saturated heterocycles. The Morgan fingerprint density at radius 2 is 1.29 bits per heavy atom. The van der Waals surface area contributed by atoms with Crippen LogP contribution in [0.4, 0.5) is 0 Å². The van der Waals surface area contributed by atoms with Gasteiger partial charge in [0, 0.05) is 0 Å². The van der Waals surface area contributed by atoms with E-state index in [9.17, 15) is 0 Å². The summed E-state index contributed by atoms with van der Waals surface area (Å²) >= 11 is 0. The summed E-state index contributed by atoms with van der Waals surface area (Å²) in [6.45, 7) is 0. The van der Waals surface area contributed by atoms with E-state index in [1.807, 2.05) is 0 Å². The van der Waals surface area contributed by atoms with Crippen molar-refractivity contribution in [1.82, 2.24) is 0 Å². The maximum absolute atomic E-state index is 6.17. The molecule has 0 atom stereocenters. The van der Waals surface area contributed by atoms with Gasteiger partial charge in [0.1, 0.15) is 0 Å². The molecule has 0 aromatic carbocycles. The van der Waals surface area contributed by atoms with Crippen LogP contribution in [-0.2, 0) is 0 Å². The van der Waals surface area contributed by atoms with Gasteiger partial charge in [0.25, 0.3) is 0 Å². The van der Waals surface area contributed by atoms with Crippen LogP contribution in [0.1, 0.15) is 44.9 Å². The van der Waals surface area contributed by atoms with Crippen molar-refractivity contribution in [2.24, 2.45) is 0 Å². The quantitative estimate of drug-likeness (QED) is 0.446. The molecule has 21 heavy (non-hydrogen) atoms. The molecule has 0 heterocycles. The fourth-order valence-corrected chi connectivity index (χ4v) is 8.90. The predicted octanol–water partition coefficient (Wildman–Crippen LogP) is -4.22. The van der Waals surface area contributed by atoms with Crippen molar-refractivity contribution in [3.8, 4) is 0 Å². The summed E-state index contributed by atoms with van der Waals surface area (Å²) in [7, 11) is 18.0. The van der Waals surface area contributed by atoms with Gasteiger partial charge < -0.3 is 0 Å². The van der Waals surface area contributed by atoms with Crippen molar-refractivity contribution >= 4 is 92.9 Å². The van der Waals surface area contributed by atoms with Gasteiger partial charge in [-0.3, -0.25) is 0 Å². The molecule has 1 aliphatic carbocycles. The van der Waals surface area contributed by atoms with E-state index in [1.165, 1.54) is 44.9 Å². The van der Waals surface area contributed by atoms with Gasteiger partial charge in [0.15, 0.2) is 0 Å². The molecule has 0 aliphatic heterocycles. The van der Waals surface area contributed by atoms with E-state index in [0.717, 1.165) is 12.3 Å². The summed E-state index contributed by atoms with van der Waals surface area (Å²) in [4.78, 5) is 0. The van der Waals surface area contributed by atoms with Crippen molar-refractivity contribution in [2.45, 2.75) is 50.2 Å². The van der Waals surface area contributed by atoms with Gasteiger partial charge in [-0.2, -0.15) is 0 Å². The van der Waals surface area contributed by atoms with Crippen LogP contribution < -0.4 is 0 Å². The van der Waals surface area contributed by atoms with E-state index in [4.69, 9.17) is 7.74 Å². The van der Waals surface area contributed by atoms with E-state index < -0.39 is 8.73 Å². The van der Waals surface area contributed by atoms with Crippen molar-refractivity contribution < 1.29 is 0 Å². The minimum absolute atomic E-state index is 0.631. The fourth-order valence-electron chi connectivity index (χ4n) is 3.80. The van der Waals surface area contributed by atoms with Crippen LogP contribution in [0, 0.1) is 0 Å². The van der Waals surface area contributed by atoms with E-state index in [0.29, 0.717) is 18.5 Å². The molecule has 101 valence electrons. The van der Waals surface area contributed by atoms with Crippen LogP contribution in [-0.4, -0.2) is 89.4 Å². The molecule has 1 aliphatic rings. The molecule has 13 heteroatoms. The number of hydrogen-bond donors (Lipinski definition) is 0. The summed E-state index contributed by atoms with van der Waals surface area (Å²) in [6, 6.07) is 5.44. The van der Waals surface area contributed by atoms with E-state index in [2.05, 4.69) is 50.8 Å². The standard InChI is InChI=1S/C8H26B12S/c9-15-20(14)21(16-18(10)11,17-19(12)13)8-6-4-2-1-3-5-7-8/h8,15H,1-7,10-14H2/q-1/i9-1,10-1,11-1,12-1,13-1,14-1,15-1,16-1,17-1,18-1,19-1,20-1. The Bertz CT molecular complexity index is 385. The van der Waals surface area contributed by atoms with Gasteiger partial charge >= 0.3 is 143 Å². The Morgan fingerprint density at radius 3 is 1.67 bits per heavy atom. The Balaban J connectivity index is 3.32. The Kier molecular flexibility index (Phi) is 9.69. The molecule has 0 aromatic heterocycles. The second kappa shape index (κ2) is 10.1. The Hall–Kier alpha value is 1.13. The summed E-state index contributed by atoms with van der Waals surface area (Å²) < 4.78 is 0. The van der Waals surface area contributed by atoms with Crippen LogP contribution in [0.25, 0.3) is 0 Å². The van der Waals surface area contributed by atoms with E-state index in [1.54, 1.807) is 0 Å². The van der Waals surface area contributed by atoms with E-state index in [-0.39, 0.29) is 0 Å².